The number of carbonyl (C=O) groups is 1. The van der Waals surface area contributed by atoms with Crippen LogP contribution in [0, 0.1) is 5.92 Å². The minimum atomic E-state index is -0.777. The molecule has 0 spiro atoms. The molecule has 0 aliphatic rings. The van der Waals surface area contributed by atoms with Gasteiger partial charge in [0.15, 0.2) is 5.82 Å². The number of aryl methyl sites for hydroxylation is 1. The molecule has 0 radical (unpaired) electrons. The zero-order valence-electron chi connectivity index (χ0n) is 10.4. The first kappa shape index (κ1) is 12.3. The largest absolute Gasteiger partial charge is 0.481 e. The molecule has 0 fully saturated rings. The summed E-state index contributed by atoms with van der Waals surface area (Å²) in [6.07, 6.45) is 4.00. The molecule has 2 heterocycles. The van der Waals surface area contributed by atoms with Crippen molar-refractivity contribution in [3.8, 4) is 0 Å². The zero-order chi connectivity index (χ0) is 13.1. The van der Waals surface area contributed by atoms with Crippen LogP contribution in [0.2, 0.25) is 0 Å². The highest BCUT2D eigenvalue weighted by molar-refractivity contribution is 5.85. The number of aromatic nitrogens is 3. The summed E-state index contributed by atoms with van der Waals surface area (Å²) in [5.74, 6) is -0.438. The summed E-state index contributed by atoms with van der Waals surface area (Å²) in [7, 11) is 1.92. The molecular weight excluding hydrogens is 232 g/mol. The fourth-order valence-corrected chi connectivity index (χ4v) is 1.72. The van der Waals surface area contributed by atoms with Gasteiger partial charge in [0.2, 0.25) is 0 Å². The molecule has 96 valence electrons. The van der Waals surface area contributed by atoms with Crippen molar-refractivity contribution in [1.82, 2.24) is 14.5 Å². The van der Waals surface area contributed by atoms with Gasteiger partial charge < -0.3 is 15.0 Å². The normalized spacial score (nSPS) is 12.6. The maximum absolute atomic E-state index is 10.7. The van der Waals surface area contributed by atoms with Crippen molar-refractivity contribution in [2.45, 2.75) is 13.3 Å². The molecule has 6 nitrogen and oxygen atoms in total. The van der Waals surface area contributed by atoms with E-state index < -0.39 is 5.97 Å². The molecule has 2 rings (SSSR count). The molecule has 0 aromatic carbocycles. The second-order valence-electron chi connectivity index (χ2n) is 4.34. The highest BCUT2D eigenvalue weighted by atomic mass is 16.4. The van der Waals surface area contributed by atoms with Gasteiger partial charge >= 0.3 is 5.97 Å². The van der Waals surface area contributed by atoms with Gasteiger partial charge in [-0.1, -0.05) is 6.92 Å². The maximum Gasteiger partial charge on any atom is 0.306 e. The van der Waals surface area contributed by atoms with Gasteiger partial charge in [-0.05, 0) is 12.5 Å². The van der Waals surface area contributed by atoms with Crippen molar-refractivity contribution in [1.29, 1.82) is 0 Å². The van der Waals surface area contributed by atoms with E-state index in [1.165, 1.54) is 0 Å². The van der Waals surface area contributed by atoms with E-state index in [4.69, 9.17) is 5.11 Å². The average Bonchev–Trinajstić information content (AvgIpc) is 2.72. The molecule has 2 N–H and O–H groups in total. The third-order valence-electron chi connectivity index (χ3n) is 2.93. The van der Waals surface area contributed by atoms with Gasteiger partial charge in [-0.2, -0.15) is 0 Å². The van der Waals surface area contributed by atoms with Gasteiger partial charge in [0.05, 0.1) is 17.8 Å². The first-order valence-electron chi connectivity index (χ1n) is 5.82. The molecule has 0 saturated carbocycles. The highest BCUT2D eigenvalue weighted by Gasteiger charge is 2.11. The van der Waals surface area contributed by atoms with Crippen LogP contribution in [-0.4, -0.2) is 32.2 Å². The highest BCUT2D eigenvalue weighted by Crippen LogP contribution is 2.18. The smallest absolute Gasteiger partial charge is 0.306 e. The monoisotopic (exact) mass is 248 g/mol. The summed E-state index contributed by atoms with van der Waals surface area (Å²) in [5.41, 5.74) is 1.81. The van der Waals surface area contributed by atoms with Crippen molar-refractivity contribution in [3.05, 3.63) is 18.6 Å². The number of hydrogen-bond donors (Lipinski definition) is 2. The Balaban J connectivity index is 2.06. The second kappa shape index (κ2) is 5.03. The van der Waals surface area contributed by atoms with Crippen LogP contribution in [0.1, 0.15) is 13.3 Å². The lowest BCUT2D eigenvalue weighted by atomic mass is 10.1. The van der Waals surface area contributed by atoms with Crippen molar-refractivity contribution in [2.24, 2.45) is 13.0 Å². The molecule has 1 unspecified atom stereocenters. The van der Waals surface area contributed by atoms with Crippen LogP contribution in [0.5, 0.6) is 0 Å². The molecule has 0 bridgehead atoms. The van der Waals surface area contributed by atoms with Crippen LogP contribution >= 0.6 is 0 Å². The lowest BCUT2D eigenvalue weighted by molar-refractivity contribution is -0.141. The number of carboxylic acid groups (broad SMARTS) is 1. The van der Waals surface area contributed by atoms with E-state index in [0.29, 0.717) is 18.8 Å². The van der Waals surface area contributed by atoms with E-state index in [1.807, 2.05) is 17.7 Å². The van der Waals surface area contributed by atoms with Crippen LogP contribution in [-0.2, 0) is 11.8 Å². The van der Waals surface area contributed by atoms with E-state index in [2.05, 4.69) is 15.3 Å². The first-order valence-corrected chi connectivity index (χ1v) is 5.82. The van der Waals surface area contributed by atoms with Gasteiger partial charge in [0.25, 0.3) is 0 Å². The van der Waals surface area contributed by atoms with Crippen LogP contribution < -0.4 is 5.32 Å². The van der Waals surface area contributed by atoms with Crippen molar-refractivity contribution in [2.75, 3.05) is 11.9 Å². The molecule has 0 saturated heterocycles. The number of carboxylic acids is 1. The Morgan fingerprint density at radius 3 is 3.06 bits per heavy atom. The zero-order valence-corrected chi connectivity index (χ0v) is 10.4. The third-order valence-corrected chi connectivity index (χ3v) is 2.93. The summed E-state index contributed by atoms with van der Waals surface area (Å²) >= 11 is 0. The summed E-state index contributed by atoms with van der Waals surface area (Å²) in [4.78, 5) is 19.2. The van der Waals surface area contributed by atoms with E-state index in [-0.39, 0.29) is 5.92 Å². The van der Waals surface area contributed by atoms with Crippen LogP contribution in [0.4, 0.5) is 5.82 Å². The number of imidazole rings is 1. The minimum Gasteiger partial charge on any atom is -0.481 e. The Bertz CT molecular complexity index is 564. The number of aliphatic carboxylic acids is 1. The third kappa shape index (κ3) is 2.42. The van der Waals surface area contributed by atoms with E-state index in [0.717, 1.165) is 11.0 Å². The first-order chi connectivity index (χ1) is 8.59. The predicted octanol–water partition coefficient (Wildman–Crippen LogP) is 1.49. The predicted molar refractivity (Wildman–Crippen MR) is 68.4 cm³/mol. The number of rotatable bonds is 5. The van der Waals surface area contributed by atoms with Gasteiger partial charge in [0, 0.05) is 19.8 Å². The van der Waals surface area contributed by atoms with Crippen molar-refractivity contribution in [3.63, 3.8) is 0 Å². The molecule has 0 aliphatic heterocycles. The fraction of sp³-hybridized carbons (Fsp3) is 0.417. The van der Waals surface area contributed by atoms with E-state index >= 15 is 0 Å². The number of pyridine rings is 1. The van der Waals surface area contributed by atoms with Crippen LogP contribution in [0.15, 0.2) is 18.6 Å². The Hall–Kier alpha value is -2.11. The Morgan fingerprint density at radius 2 is 2.33 bits per heavy atom. The summed E-state index contributed by atoms with van der Waals surface area (Å²) in [6.45, 7) is 2.26. The Labute approximate surface area is 105 Å². The molecule has 2 aromatic rings. The Kier molecular flexibility index (Phi) is 3.45. The van der Waals surface area contributed by atoms with Crippen molar-refractivity contribution >= 4 is 22.8 Å². The van der Waals surface area contributed by atoms with E-state index in [1.54, 1.807) is 19.4 Å². The fourth-order valence-electron chi connectivity index (χ4n) is 1.72. The Morgan fingerprint density at radius 1 is 1.56 bits per heavy atom. The maximum atomic E-state index is 10.7. The number of fused-ring (bicyclic) bond motifs is 1. The van der Waals surface area contributed by atoms with Crippen LogP contribution in [0.3, 0.4) is 0 Å². The molecular formula is C12H16N4O2. The molecule has 1 atom stereocenters. The number of nitrogens with zero attached hydrogens (tertiary/aromatic N) is 3. The lowest BCUT2D eigenvalue weighted by Gasteiger charge is -2.08. The average molecular weight is 248 g/mol. The molecule has 2 aromatic heterocycles. The minimum absolute atomic E-state index is 0.361. The molecule has 18 heavy (non-hydrogen) atoms. The quantitative estimate of drug-likeness (QED) is 0.838. The number of hydrogen-bond acceptors (Lipinski definition) is 4. The van der Waals surface area contributed by atoms with Gasteiger partial charge in [-0.3, -0.25) is 4.79 Å². The van der Waals surface area contributed by atoms with Gasteiger partial charge in [-0.25, -0.2) is 9.97 Å². The van der Waals surface area contributed by atoms with Gasteiger partial charge in [-0.15, -0.1) is 0 Å². The van der Waals surface area contributed by atoms with Crippen molar-refractivity contribution < 1.29 is 9.90 Å². The molecule has 6 heteroatoms. The second-order valence-corrected chi connectivity index (χ2v) is 4.34. The SMILES string of the molecule is CC(CCNc1nccc2c1ncn2C)C(=O)O. The van der Waals surface area contributed by atoms with Gasteiger partial charge in [0.1, 0.15) is 5.52 Å². The molecule has 0 amide bonds. The summed E-state index contributed by atoms with van der Waals surface area (Å²) < 4.78 is 1.92. The summed E-state index contributed by atoms with van der Waals surface area (Å²) in [6, 6.07) is 1.90. The molecule has 0 aliphatic carbocycles. The topological polar surface area (TPSA) is 80.0 Å². The van der Waals surface area contributed by atoms with E-state index in [9.17, 15) is 4.79 Å². The number of nitrogens with one attached hydrogen (secondary N) is 1. The summed E-state index contributed by atoms with van der Waals surface area (Å²) in [5, 5.41) is 11.9. The van der Waals surface area contributed by atoms with Crippen LogP contribution in [0.25, 0.3) is 11.0 Å². The number of anilines is 1. The standard InChI is InChI=1S/C12H16N4O2/c1-8(12(17)18)3-5-13-11-10-9(4-6-14-11)16(2)7-15-10/h4,6-8H,3,5H2,1-2H3,(H,13,14)(H,17,18). The lowest BCUT2D eigenvalue weighted by Crippen LogP contribution is -2.15.